The third-order valence-corrected chi connectivity index (χ3v) is 6.04. The molecule has 0 saturated carbocycles. The fourth-order valence-electron chi connectivity index (χ4n) is 2.75. The Morgan fingerprint density at radius 3 is 2.36 bits per heavy atom. The Kier molecular flexibility index (Phi) is 9.01. The fraction of sp³-hybridized carbons (Fsp3) is 0.227. The third kappa shape index (κ3) is 6.33. The lowest BCUT2D eigenvalue weighted by atomic mass is 10.0. The van der Waals surface area contributed by atoms with Gasteiger partial charge in [0.15, 0.2) is 18.1 Å². The van der Waals surface area contributed by atoms with Crippen molar-refractivity contribution in [3.63, 3.8) is 0 Å². The quantitative estimate of drug-likeness (QED) is 0.296. The molecule has 0 spiro atoms. The second-order valence-corrected chi connectivity index (χ2v) is 8.37. The second kappa shape index (κ2) is 11.5. The lowest BCUT2D eigenvalue weighted by Crippen LogP contribution is -2.10. The van der Waals surface area contributed by atoms with Crippen molar-refractivity contribution in [1.29, 1.82) is 10.5 Å². The van der Waals surface area contributed by atoms with Crippen LogP contribution < -0.4 is 4.74 Å². The van der Waals surface area contributed by atoms with Crippen LogP contribution in [0, 0.1) is 29.6 Å². The summed E-state index contributed by atoms with van der Waals surface area (Å²) in [5.74, 6) is -2.41. The van der Waals surface area contributed by atoms with Crippen molar-refractivity contribution in [2.45, 2.75) is 20.3 Å². The van der Waals surface area contributed by atoms with Crippen molar-refractivity contribution in [2.24, 2.45) is 0 Å². The van der Waals surface area contributed by atoms with E-state index in [-0.39, 0.29) is 44.8 Å². The molecule has 11 heteroatoms. The van der Waals surface area contributed by atoms with Crippen molar-refractivity contribution >= 4 is 58.3 Å². The molecule has 2 aromatic rings. The van der Waals surface area contributed by atoms with Gasteiger partial charge in [0.05, 0.1) is 27.8 Å². The van der Waals surface area contributed by atoms with Gasteiger partial charge in [0.1, 0.15) is 17.0 Å². The predicted molar refractivity (Wildman–Crippen MR) is 122 cm³/mol. The first-order valence-electron chi connectivity index (χ1n) is 9.30. The Morgan fingerprint density at radius 1 is 1.21 bits per heavy atom. The van der Waals surface area contributed by atoms with Crippen LogP contribution in [0.2, 0.25) is 10.0 Å². The number of esters is 1. The van der Waals surface area contributed by atoms with Gasteiger partial charge < -0.3 is 14.6 Å². The molecule has 0 saturated heterocycles. The number of allylic oxidation sites excluding steroid dienone is 1. The number of nitrogens with zero attached hydrogens (tertiary/aromatic N) is 2. The Balaban J connectivity index is 2.34. The van der Waals surface area contributed by atoms with Crippen LogP contribution in [0.1, 0.15) is 38.2 Å². The van der Waals surface area contributed by atoms with Crippen LogP contribution in [0.5, 0.6) is 5.75 Å². The molecule has 0 aliphatic carbocycles. The molecule has 0 amide bonds. The summed E-state index contributed by atoms with van der Waals surface area (Å²) in [7, 11) is 0. The molecule has 0 atom stereocenters. The minimum atomic E-state index is -1.21. The first-order chi connectivity index (χ1) is 15.6. The number of halogens is 2. The zero-order valence-electron chi connectivity index (χ0n) is 17.4. The predicted octanol–water partition coefficient (Wildman–Crippen LogP) is 4.59. The van der Waals surface area contributed by atoms with Crippen LogP contribution in [0.15, 0.2) is 17.7 Å². The number of carboxylic acid groups (broad SMARTS) is 1. The molecule has 1 N–H and O–H groups in total. The number of hydrogen-bond donors (Lipinski definition) is 1. The van der Waals surface area contributed by atoms with E-state index in [2.05, 4.69) is 0 Å². The Bertz CT molecular complexity index is 1210. The van der Waals surface area contributed by atoms with E-state index in [0.29, 0.717) is 16.0 Å². The molecule has 0 aliphatic rings. The van der Waals surface area contributed by atoms with Crippen molar-refractivity contribution in [1.82, 2.24) is 0 Å². The molecule has 8 nitrogen and oxygen atoms in total. The largest absolute Gasteiger partial charge is 0.479 e. The molecule has 0 fully saturated rings. The van der Waals surface area contributed by atoms with E-state index in [1.165, 1.54) is 18.2 Å². The summed E-state index contributed by atoms with van der Waals surface area (Å²) < 4.78 is 10.0. The summed E-state index contributed by atoms with van der Waals surface area (Å²) in [6.07, 6.45) is 0.994. The number of aliphatic carboxylic acids is 1. The highest BCUT2D eigenvalue weighted by atomic mass is 35.5. The topological polar surface area (TPSA) is 137 Å². The number of carboxylic acids is 1. The van der Waals surface area contributed by atoms with Crippen LogP contribution in [-0.2, 0) is 20.7 Å². The monoisotopic (exact) mass is 506 g/mol. The molecule has 0 bridgehead atoms. The standard InChI is InChI=1S/C22H16Cl2N2O6S/c1-3-31-22(30)21-11(2)14(9-26)18(33-21)7-17(27)13(8-25)4-12-5-15(23)20(16(24)6-12)32-10-19(28)29/h4-6H,3,7,10H2,1-2H3,(H,28,29)/b13-4+. The number of hydrogen-bond acceptors (Lipinski definition) is 8. The molecular formula is C22H16Cl2N2O6S. The van der Waals surface area contributed by atoms with Crippen LogP contribution in [0.3, 0.4) is 0 Å². The lowest BCUT2D eigenvalue weighted by molar-refractivity contribution is -0.139. The zero-order chi connectivity index (χ0) is 24.7. The van der Waals surface area contributed by atoms with E-state index in [1.54, 1.807) is 13.8 Å². The van der Waals surface area contributed by atoms with Crippen LogP contribution in [0.4, 0.5) is 0 Å². The van der Waals surface area contributed by atoms with Gasteiger partial charge in [-0.1, -0.05) is 23.2 Å². The second-order valence-electron chi connectivity index (χ2n) is 6.45. The average molecular weight is 507 g/mol. The summed E-state index contributed by atoms with van der Waals surface area (Å²) in [6, 6.07) is 6.53. The molecule has 0 radical (unpaired) electrons. The molecule has 33 heavy (non-hydrogen) atoms. The average Bonchev–Trinajstić information content (AvgIpc) is 3.06. The van der Waals surface area contributed by atoms with Gasteiger partial charge in [0.2, 0.25) is 0 Å². The van der Waals surface area contributed by atoms with Gasteiger partial charge >= 0.3 is 11.9 Å². The van der Waals surface area contributed by atoms with Gasteiger partial charge in [-0.3, -0.25) is 4.79 Å². The molecule has 2 rings (SSSR count). The van der Waals surface area contributed by atoms with Crippen LogP contribution in [0.25, 0.3) is 6.08 Å². The van der Waals surface area contributed by atoms with E-state index in [9.17, 15) is 24.9 Å². The maximum atomic E-state index is 12.8. The number of Topliss-reactive ketones (excluding diaryl/α,β-unsaturated/α-hetero) is 1. The van der Waals surface area contributed by atoms with Crippen LogP contribution in [-0.4, -0.2) is 36.0 Å². The fourth-order valence-corrected chi connectivity index (χ4v) is 4.51. The number of benzene rings is 1. The Labute approximate surface area is 203 Å². The van der Waals surface area contributed by atoms with Gasteiger partial charge in [-0.15, -0.1) is 11.3 Å². The number of ether oxygens (including phenoxy) is 2. The molecule has 1 aromatic carbocycles. The SMILES string of the molecule is CCOC(=O)c1sc(CC(=O)/C(C#N)=C/c2cc(Cl)c(OCC(=O)O)c(Cl)c2)c(C#N)c1C. The van der Waals surface area contributed by atoms with E-state index in [1.807, 2.05) is 12.1 Å². The number of rotatable bonds is 9. The first kappa shape index (κ1) is 25.9. The first-order valence-corrected chi connectivity index (χ1v) is 10.9. The van der Waals surface area contributed by atoms with Crippen molar-refractivity contribution in [3.8, 4) is 17.9 Å². The van der Waals surface area contributed by atoms with Gasteiger partial charge in [-0.2, -0.15) is 10.5 Å². The maximum absolute atomic E-state index is 12.8. The molecule has 1 heterocycles. The minimum Gasteiger partial charge on any atom is -0.479 e. The number of nitriles is 2. The number of thiophene rings is 1. The molecule has 170 valence electrons. The van der Waals surface area contributed by atoms with E-state index in [4.69, 9.17) is 37.8 Å². The van der Waals surface area contributed by atoms with E-state index >= 15 is 0 Å². The van der Waals surface area contributed by atoms with E-state index in [0.717, 1.165) is 11.3 Å². The smallest absolute Gasteiger partial charge is 0.348 e. The Morgan fingerprint density at radius 2 is 1.85 bits per heavy atom. The normalized spacial score (nSPS) is 10.8. The van der Waals surface area contributed by atoms with Crippen molar-refractivity contribution in [3.05, 3.63) is 54.2 Å². The third-order valence-electron chi connectivity index (χ3n) is 4.21. The van der Waals surface area contributed by atoms with Crippen molar-refractivity contribution in [2.75, 3.05) is 13.2 Å². The summed E-state index contributed by atoms with van der Waals surface area (Å²) in [5, 5.41) is 27.7. The van der Waals surface area contributed by atoms with Gasteiger partial charge in [0, 0.05) is 11.3 Å². The molecule has 0 unspecified atom stereocenters. The number of carbonyl (C=O) groups is 3. The van der Waals surface area contributed by atoms with E-state index < -0.39 is 24.3 Å². The van der Waals surface area contributed by atoms with Gasteiger partial charge in [-0.25, -0.2) is 9.59 Å². The highest BCUT2D eigenvalue weighted by molar-refractivity contribution is 7.14. The van der Waals surface area contributed by atoms with Crippen LogP contribution >= 0.6 is 34.5 Å². The summed E-state index contributed by atoms with van der Waals surface area (Å²) in [5.41, 5.74) is 0.697. The lowest BCUT2D eigenvalue weighted by Gasteiger charge is -2.09. The molecule has 1 aromatic heterocycles. The maximum Gasteiger partial charge on any atom is 0.348 e. The highest BCUT2D eigenvalue weighted by Crippen LogP contribution is 2.35. The molecular weight excluding hydrogens is 491 g/mol. The summed E-state index contributed by atoms with van der Waals surface area (Å²) in [4.78, 5) is 36.1. The van der Waals surface area contributed by atoms with Crippen molar-refractivity contribution < 1.29 is 29.0 Å². The number of carbonyl (C=O) groups excluding carboxylic acids is 2. The summed E-state index contributed by atoms with van der Waals surface area (Å²) >= 11 is 13.2. The molecule has 0 aliphatic heterocycles. The highest BCUT2D eigenvalue weighted by Gasteiger charge is 2.23. The van der Waals surface area contributed by atoms with Gasteiger partial charge in [-0.05, 0) is 43.2 Å². The van der Waals surface area contributed by atoms with Gasteiger partial charge in [0.25, 0.3) is 0 Å². The zero-order valence-corrected chi connectivity index (χ0v) is 19.7. The minimum absolute atomic E-state index is 0.000495. The number of ketones is 1. The Hall–Kier alpha value is -3.37. The summed E-state index contributed by atoms with van der Waals surface area (Å²) in [6.45, 7) is 2.77.